The van der Waals surface area contributed by atoms with Gasteiger partial charge in [0.15, 0.2) is 0 Å². The highest BCUT2D eigenvalue weighted by molar-refractivity contribution is 6.33. The van der Waals surface area contributed by atoms with Crippen molar-refractivity contribution in [2.45, 2.75) is 13.0 Å². The van der Waals surface area contributed by atoms with Gasteiger partial charge < -0.3 is 5.32 Å². The first-order chi connectivity index (χ1) is 9.08. The first kappa shape index (κ1) is 13.2. The standard InChI is InChI=1S/C12H11ClN4O2/c1-8(12-7-14-4-5-15-12)16-11-6-9(17(18)19)2-3-10(11)13/h2-8,16H,1H3. The Morgan fingerprint density at radius 1 is 1.42 bits per heavy atom. The minimum atomic E-state index is -0.464. The Labute approximate surface area is 114 Å². The van der Waals surface area contributed by atoms with Crippen LogP contribution in [0, 0.1) is 10.1 Å². The molecule has 1 atom stereocenters. The molecule has 1 aromatic heterocycles. The molecule has 2 aromatic rings. The number of benzene rings is 1. The molecule has 0 saturated carbocycles. The molecule has 19 heavy (non-hydrogen) atoms. The van der Waals surface area contributed by atoms with E-state index in [2.05, 4.69) is 15.3 Å². The Morgan fingerprint density at radius 2 is 2.21 bits per heavy atom. The van der Waals surface area contributed by atoms with E-state index in [0.29, 0.717) is 10.7 Å². The fourth-order valence-corrected chi connectivity index (χ4v) is 1.75. The third kappa shape index (κ3) is 3.17. The van der Waals surface area contributed by atoms with Gasteiger partial charge in [-0.3, -0.25) is 20.1 Å². The molecule has 2 rings (SSSR count). The Balaban J connectivity index is 2.23. The van der Waals surface area contributed by atoms with E-state index in [1.165, 1.54) is 18.2 Å². The molecule has 0 bridgehead atoms. The van der Waals surface area contributed by atoms with Crippen molar-refractivity contribution in [3.05, 3.63) is 57.6 Å². The summed E-state index contributed by atoms with van der Waals surface area (Å²) in [7, 11) is 0. The molecule has 0 amide bonds. The van der Waals surface area contributed by atoms with E-state index >= 15 is 0 Å². The van der Waals surface area contributed by atoms with Crippen molar-refractivity contribution in [2.75, 3.05) is 5.32 Å². The van der Waals surface area contributed by atoms with Gasteiger partial charge in [-0.15, -0.1) is 0 Å². The van der Waals surface area contributed by atoms with Crippen molar-refractivity contribution in [3.8, 4) is 0 Å². The first-order valence-corrected chi connectivity index (χ1v) is 5.92. The lowest BCUT2D eigenvalue weighted by atomic mass is 10.2. The average Bonchev–Trinajstić information content (AvgIpc) is 2.42. The first-order valence-electron chi connectivity index (χ1n) is 5.54. The number of non-ortho nitro benzene ring substituents is 1. The molecule has 0 aliphatic heterocycles. The molecule has 1 aromatic carbocycles. The van der Waals surface area contributed by atoms with Crippen LogP contribution in [0.3, 0.4) is 0 Å². The molecule has 1 unspecified atom stereocenters. The highest BCUT2D eigenvalue weighted by Crippen LogP contribution is 2.29. The summed E-state index contributed by atoms with van der Waals surface area (Å²) in [5, 5.41) is 14.2. The lowest BCUT2D eigenvalue weighted by molar-refractivity contribution is -0.384. The third-order valence-corrected chi connectivity index (χ3v) is 2.89. The van der Waals surface area contributed by atoms with Crippen molar-refractivity contribution in [3.63, 3.8) is 0 Å². The summed E-state index contributed by atoms with van der Waals surface area (Å²) in [4.78, 5) is 18.4. The molecule has 7 heteroatoms. The smallest absolute Gasteiger partial charge is 0.271 e. The molecular formula is C12H11ClN4O2. The third-order valence-electron chi connectivity index (χ3n) is 2.56. The van der Waals surface area contributed by atoms with E-state index < -0.39 is 4.92 Å². The summed E-state index contributed by atoms with van der Waals surface area (Å²) in [6, 6.07) is 4.09. The van der Waals surface area contributed by atoms with Crippen LogP contribution in [-0.2, 0) is 0 Å². The van der Waals surface area contributed by atoms with Gasteiger partial charge in [-0.25, -0.2) is 0 Å². The number of nitrogens with zero attached hydrogens (tertiary/aromatic N) is 3. The maximum Gasteiger partial charge on any atom is 0.271 e. The highest BCUT2D eigenvalue weighted by atomic mass is 35.5. The van der Waals surface area contributed by atoms with Crippen LogP contribution < -0.4 is 5.32 Å². The van der Waals surface area contributed by atoms with Crippen LogP contribution in [0.2, 0.25) is 5.02 Å². The second kappa shape index (κ2) is 5.62. The summed E-state index contributed by atoms with van der Waals surface area (Å²) < 4.78 is 0. The zero-order valence-corrected chi connectivity index (χ0v) is 10.8. The number of anilines is 1. The Bertz CT molecular complexity index is 592. The SMILES string of the molecule is CC(Nc1cc([N+](=O)[O-])ccc1Cl)c1cnccn1. The Morgan fingerprint density at radius 3 is 2.84 bits per heavy atom. The van der Waals surface area contributed by atoms with Gasteiger partial charge >= 0.3 is 0 Å². The van der Waals surface area contributed by atoms with Gasteiger partial charge in [0.05, 0.1) is 33.6 Å². The predicted octanol–water partition coefficient (Wildman–Crippen LogP) is 3.21. The van der Waals surface area contributed by atoms with Crippen LogP contribution >= 0.6 is 11.6 Å². The minimum Gasteiger partial charge on any atom is -0.375 e. The quantitative estimate of drug-likeness (QED) is 0.686. The van der Waals surface area contributed by atoms with E-state index in [0.717, 1.165) is 5.69 Å². The molecule has 1 heterocycles. The molecule has 98 valence electrons. The van der Waals surface area contributed by atoms with Crippen LogP contribution in [0.15, 0.2) is 36.8 Å². The summed E-state index contributed by atoms with van der Waals surface area (Å²) in [6.07, 6.45) is 4.79. The molecule has 0 aliphatic carbocycles. The van der Waals surface area contributed by atoms with E-state index in [4.69, 9.17) is 11.6 Å². The van der Waals surface area contributed by atoms with E-state index in [-0.39, 0.29) is 11.7 Å². The van der Waals surface area contributed by atoms with Crippen LogP contribution in [0.5, 0.6) is 0 Å². The molecule has 0 fully saturated rings. The lowest BCUT2D eigenvalue weighted by Gasteiger charge is -2.15. The maximum atomic E-state index is 10.7. The van der Waals surface area contributed by atoms with Crippen molar-refractivity contribution in [2.24, 2.45) is 0 Å². The second-order valence-corrected chi connectivity index (χ2v) is 4.32. The number of hydrogen-bond donors (Lipinski definition) is 1. The minimum absolute atomic E-state index is 0.0155. The number of halogens is 1. The topological polar surface area (TPSA) is 81.0 Å². The van der Waals surface area contributed by atoms with Crippen molar-refractivity contribution in [1.82, 2.24) is 9.97 Å². The largest absolute Gasteiger partial charge is 0.375 e. The van der Waals surface area contributed by atoms with Crippen LogP contribution in [0.25, 0.3) is 0 Å². The molecule has 1 N–H and O–H groups in total. The number of nitro benzene ring substituents is 1. The van der Waals surface area contributed by atoms with Gasteiger partial charge in [0.1, 0.15) is 0 Å². The van der Waals surface area contributed by atoms with Crippen molar-refractivity contribution >= 4 is 23.0 Å². The number of hydrogen-bond acceptors (Lipinski definition) is 5. The lowest BCUT2D eigenvalue weighted by Crippen LogP contribution is -2.09. The predicted molar refractivity (Wildman–Crippen MR) is 72.2 cm³/mol. The normalized spacial score (nSPS) is 11.9. The number of rotatable bonds is 4. The van der Waals surface area contributed by atoms with Crippen LogP contribution in [0.4, 0.5) is 11.4 Å². The molecule has 0 saturated heterocycles. The monoisotopic (exact) mass is 278 g/mol. The number of nitrogens with one attached hydrogen (secondary N) is 1. The second-order valence-electron chi connectivity index (χ2n) is 3.92. The van der Waals surface area contributed by atoms with Crippen molar-refractivity contribution in [1.29, 1.82) is 0 Å². The van der Waals surface area contributed by atoms with E-state index in [9.17, 15) is 10.1 Å². The van der Waals surface area contributed by atoms with Gasteiger partial charge in [-0.1, -0.05) is 11.6 Å². The molecular weight excluding hydrogens is 268 g/mol. The molecule has 0 spiro atoms. The Hall–Kier alpha value is -2.21. The summed E-state index contributed by atoms with van der Waals surface area (Å²) in [6.45, 7) is 1.87. The van der Waals surface area contributed by atoms with Gasteiger partial charge in [0, 0.05) is 24.5 Å². The number of aromatic nitrogens is 2. The highest BCUT2D eigenvalue weighted by Gasteiger charge is 2.13. The zero-order chi connectivity index (χ0) is 13.8. The van der Waals surface area contributed by atoms with Gasteiger partial charge in [0.2, 0.25) is 0 Å². The molecule has 6 nitrogen and oxygen atoms in total. The zero-order valence-electron chi connectivity index (χ0n) is 10.1. The van der Waals surface area contributed by atoms with Gasteiger partial charge in [-0.05, 0) is 13.0 Å². The summed E-state index contributed by atoms with van der Waals surface area (Å²) >= 11 is 6.01. The number of nitro groups is 1. The average molecular weight is 279 g/mol. The van der Waals surface area contributed by atoms with Crippen LogP contribution in [0.1, 0.15) is 18.7 Å². The van der Waals surface area contributed by atoms with Gasteiger partial charge in [-0.2, -0.15) is 0 Å². The van der Waals surface area contributed by atoms with Crippen molar-refractivity contribution < 1.29 is 4.92 Å². The molecule has 0 radical (unpaired) electrons. The van der Waals surface area contributed by atoms with Gasteiger partial charge in [0.25, 0.3) is 5.69 Å². The fraction of sp³-hybridized carbons (Fsp3) is 0.167. The van der Waals surface area contributed by atoms with E-state index in [1.54, 1.807) is 18.6 Å². The van der Waals surface area contributed by atoms with Crippen LogP contribution in [-0.4, -0.2) is 14.9 Å². The Kier molecular flexibility index (Phi) is 3.91. The fourth-order valence-electron chi connectivity index (χ4n) is 1.58. The van der Waals surface area contributed by atoms with E-state index in [1.807, 2.05) is 6.92 Å². The summed E-state index contributed by atoms with van der Waals surface area (Å²) in [5.74, 6) is 0. The maximum absolute atomic E-state index is 10.7. The summed E-state index contributed by atoms with van der Waals surface area (Å²) in [5.41, 5.74) is 1.21. The molecule has 0 aliphatic rings.